The van der Waals surface area contributed by atoms with E-state index < -0.39 is 0 Å². The van der Waals surface area contributed by atoms with Gasteiger partial charge in [-0.05, 0) is 62.1 Å². The van der Waals surface area contributed by atoms with Crippen LogP contribution in [0.2, 0.25) is 0 Å². The van der Waals surface area contributed by atoms with Crippen molar-refractivity contribution in [2.24, 2.45) is 0 Å². The maximum absolute atomic E-state index is 5.90. The largest absolute Gasteiger partial charge is 0.494 e. The fraction of sp³-hybridized carbons (Fsp3) is 0.240. The summed E-state index contributed by atoms with van der Waals surface area (Å²) in [7, 11) is 0. The summed E-state index contributed by atoms with van der Waals surface area (Å²) in [5, 5.41) is 0. The van der Waals surface area contributed by atoms with E-state index in [4.69, 9.17) is 9.72 Å². The number of fused-ring (bicyclic) bond motifs is 1. The van der Waals surface area contributed by atoms with Crippen molar-refractivity contribution >= 4 is 11.0 Å². The number of imidazole rings is 1. The van der Waals surface area contributed by atoms with Gasteiger partial charge in [-0.1, -0.05) is 48.5 Å². The fourth-order valence-electron chi connectivity index (χ4n) is 3.60. The van der Waals surface area contributed by atoms with Crippen LogP contribution in [0.1, 0.15) is 24.0 Å². The van der Waals surface area contributed by atoms with Gasteiger partial charge in [-0.25, -0.2) is 4.98 Å². The van der Waals surface area contributed by atoms with E-state index in [2.05, 4.69) is 79.1 Å². The number of nitrogens with zero attached hydrogens (tertiary/aromatic N) is 2. The number of unbranched alkanes of at least 4 members (excludes halogenated alkanes) is 1. The van der Waals surface area contributed by atoms with Gasteiger partial charge in [-0.15, -0.1) is 0 Å². The van der Waals surface area contributed by atoms with Crippen molar-refractivity contribution in [1.29, 1.82) is 0 Å². The minimum atomic E-state index is 0.732. The van der Waals surface area contributed by atoms with Crippen LogP contribution in [0.25, 0.3) is 22.4 Å². The summed E-state index contributed by atoms with van der Waals surface area (Å²) in [5.41, 5.74) is 5.93. The molecule has 4 rings (SSSR count). The lowest BCUT2D eigenvalue weighted by molar-refractivity contribution is 0.303. The number of hydrogen-bond donors (Lipinski definition) is 0. The van der Waals surface area contributed by atoms with E-state index in [0.29, 0.717) is 0 Å². The molecule has 0 N–H and O–H groups in total. The average molecular weight is 370 g/mol. The molecule has 3 aromatic carbocycles. The highest BCUT2D eigenvalue weighted by Gasteiger charge is 2.13. The van der Waals surface area contributed by atoms with Crippen LogP contribution in [-0.4, -0.2) is 16.2 Å². The molecule has 1 heterocycles. The Morgan fingerprint density at radius 2 is 1.68 bits per heavy atom. The van der Waals surface area contributed by atoms with Crippen molar-refractivity contribution in [3.8, 4) is 17.1 Å². The Labute approximate surface area is 166 Å². The summed E-state index contributed by atoms with van der Waals surface area (Å²) in [6, 6.07) is 25.1. The summed E-state index contributed by atoms with van der Waals surface area (Å²) in [5.74, 6) is 2.01. The van der Waals surface area contributed by atoms with Crippen LogP contribution in [0, 0.1) is 13.8 Å². The summed E-state index contributed by atoms with van der Waals surface area (Å²) in [6.45, 7) is 5.90. The molecule has 0 saturated heterocycles. The Morgan fingerprint density at radius 1 is 0.857 bits per heavy atom. The maximum atomic E-state index is 5.90. The lowest BCUT2D eigenvalue weighted by Crippen LogP contribution is -2.04. The lowest BCUT2D eigenvalue weighted by Gasteiger charge is -2.12. The molecule has 0 aliphatic rings. The van der Waals surface area contributed by atoms with E-state index in [1.807, 2.05) is 12.1 Å². The molecule has 0 amide bonds. The topological polar surface area (TPSA) is 27.1 Å². The molecular weight excluding hydrogens is 344 g/mol. The van der Waals surface area contributed by atoms with Crippen LogP contribution >= 0.6 is 0 Å². The Kier molecular flexibility index (Phi) is 5.43. The van der Waals surface area contributed by atoms with Gasteiger partial charge < -0.3 is 9.30 Å². The highest BCUT2D eigenvalue weighted by atomic mass is 16.5. The van der Waals surface area contributed by atoms with Gasteiger partial charge in [0.1, 0.15) is 11.6 Å². The molecule has 0 aliphatic heterocycles. The predicted molar refractivity (Wildman–Crippen MR) is 116 cm³/mol. The van der Waals surface area contributed by atoms with Crippen molar-refractivity contribution in [2.75, 3.05) is 6.61 Å². The normalized spacial score (nSPS) is 11.1. The van der Waals surface area contributed by atoms with Crippen LogP contribution in [0.15, 0.2) is 72.8 Å². The molecule has 1 aromatic heterocycles. The first-order valence-corrected chi connectivity index (χ1v) is 9.93. The minimum Gasteiger partial charge on any atom is -0.494 e. The number of aromatic nitrogens is 2. The first-order chi connectivity index (χ1) is 13.7. The van der Waals surface area contributed by atoms with Crippen molar-refractivity contribution in [3.05, 3.63) is 83.9 Å². The van der Waals surface area contributed by atoms with Crippen LogP contribution in [0.4, 0.5) is 0 Å². The molecule has 3 heteroatoms. The molecule has 4 aromatic rings. The molecule has 142 valence electrons. The standard InChI is InChI=1S/C25H26N2O/c1-19-10-9-12-21(18-19)28-17-8-7-16-27-24-15-6-5-14-23(24)26-25(27)22-13-4-3-11-20(22)2/h3-6,9-15,18H,7-8,16-17H2,1-2H3. The molecule has 0 radical (unpaired) electrons. The number of benzene rings is 3. The van der Waals surface area contributed by atoms with Gasteiger partial charge in [0.25, 0.3) is 0 Å². The molecule has 0 aliphatic carbocycles. The molecule has 3 nitrogen and oxygen atoms in total. The second-order valence-electron chi connectivity index (χ2n) is 7.26. The highest BCUT2D eigenvalue weighted by molar-refractivity contribution is 5.81. The quantitative estimate of drug-likeness (QED) is 0.363. The van der Waals surface area contributed by atoms with Gasteiger partial charge in [0.05, 0.1) is 17.6 Å². The average Bonchev–Trinajstić information content (AvgIpc) is 3.07. The second kappa shape index (κ2) is 8.30. The van der Waals surface area contributed by atoms with E-state index in [-0.39, 0.29) is 0 Å². The predicted octanol–water partition coefficient (Wildman–Crippen LogP) is 6.18. The number of aryl methyl sites for hydroxylation is 3. The van der Waals surface area contributed by atoms with Gasteiger partial charge in [-0.3, -0.25) is 0 Å². The zero-order valence-corrected chi connectivity index (χ0v) is 16.6. The summed E-state index contributed by atoms with van der Waals surface area (Å²) in [6.07, 6.45) is 2.05. The number of para-hydroxylation sites is 2. The Hall–Kier alpha value is -3.07. The van der Waals surface area contributed by atoms with Crippen molar-refractivity contribution < 1.29 is 4.74 Å². The van der Waals surface area contributed by atoms with Gasteiger partial charge in [0.2, 0.25) is 0 Å². The van der Waals surface area contributed by atoms with Crippen LogP contribution < -0.4 is 4.74 Å². The first kappa shape index (κ1) is 18.3. The van der Waals surface area contributed by atoms with Crippen molar-refractivity contribution in [2.45, 2.75) is 33.2 Å². The van der Waals surface area contributed by atoms with Crippen molar-refractivity contribution in [1.82, 2.24) is 9.55 Å². The zero-order chi connectivity index (χ0) is 19.3. The first-order valence-electron chi connectivity index (χ1n) is 9.93. The van der Waals surface area contributed by atoms with Gasteiger partial charge in [-0.2, -0.15) is 0 Å². The fourth-order valence-corrected chi connectivity index (χ4v) is 3.60. The molecular formula is C25H26N2O. The lowest BCUT2D eigenvalue weighted by atomic mass is 10.1. The van der Waals surface area contributed by atoms with Gasteiger partial charge in [0.15, 0.2) is 0 Å². The van der Waals surface area contributed by atoms with Crippen LogP contribution in [0.3, 0.4) is 0 Å². The monoisotopic (exact) mass is 370 g/mol. The van der Waals surface area contributed by atoms with Gasteiger partial charge in [0, 0.05) is 12.1 Å². The Morgan fingerprint density at radius 3 is 2.54 bits per heavy atom. The third-order valence-electron chi connectivity index (χ3n) is 5.07. The molecule has 0 saturated carbocycles. The third-order valence-corrected chi connectivity index (χ3v) is 5.07. The summed E-state index contributed by atoms with van der Waals surface area (Å²) in [4.78, 5) is 4.93. The molecule has 0 fully saturated rings. The smallest absolute Gasteiger partial charge is 0.141 e. The van der Waals surface area contributed by atoms with E-state index >= 15 is 0 Å². The number of ether oxygens (including phenoxy) is 1. The van der Waals surface area contributed by atoms with E-state index in [1.54, 1.807) is 0 Å². The molecule has 0 atom stereocenters. The number of rotatable bonds is 7. The SMILES string of the molecule is Cc1cccc(OCCCCn2c(-c3ccccc3C)nc3ccccc32)c1. The Bertz CT molecular complexity index is 1080. The molecule has 0 bridgehead atoms. The van der Waals surface area contributed by atoms with Gasteiger partial charge >= 0.3 is 0 Å². The van der Waals surface area contributed by atoms with Crippen molar-refractivity contribution in [3.63, 3.8) is 0 Å². The van der Waals surface area contributed by atoms with E-state index in [9.17, 15) is 0 Å². The van der Waals surface area contributed by atoms with E-state index in [0.717, 1.165) is 43.1 Å². The van der Waals surface area contributed by atoms with Crippen LogP contribution in [-0.2, 0) is 6.54 Å². The van der Waals surface area contributed by atoms with Crippen LogP contribution in [0.5, 0.6) is 5.75 Å². The summed E-state index contributed by atoms with van der Waals surface area (Å²) >= 11 is 0. The highest BCUT2D eigenvalue weighted by Crippen LogP contribution is 2.27. The second-order valence-corrected chi connectivity index (χ2v) is 7.26. The zero-order valence-electron chi connectivity index (χ0n) is 16.6. The van der Waals surface area contributed by atoms with E-state index in [1.165, 1.54) is 22.2 Å². The Balaban J connectivity index is 1.48. The maximum Gasteiger partial charge on any atom is 0.141 e. The summed E-state index contributed by atoms with van der Waals surface area (Å²) < 4.78 is 8.25. The number of hydrogen-bond acceptors (Lipinski definition) is 2. The molecule has 0 unspecified atom stereocenters. The third kappa shape index (κ3) is 3.94. The molecule has 28 heavy (non-hydrogen) atoms. The molecule has 0 spiro atoms. The minimum absolute atomic E-state index is 0.732.